The Morgan fingerprint density at radius 2 is 1.81 bits per heavy atom. The summed E-state index contributed by atoms with van der Waals surface area (Å²) < 4.78 is 0. The molecule has 0 spiro atoms. The number of aldehydes is 1. The van der Waals surface area contributed by atoms with Crippen LogP contribution in [-0.2, 0) is 6.42 Å². The third kappa shape index (κ3) is 2.40. The van der Waals surface area contributed by atoms with E-state index in [-0.39, 0.29) is 0 Å². The van der Waals surface area contributed by atoms with E-state index in [2.05, 4.69) is 12.1 Å². The molecule has 0 atom stereocenters. The molecule has 76 valence electrons. The van der Waals surface area contributed by atoms with E-state index >= 15 is 0 Å². The summed E-state index contributed by atoms with van der Waals surface area (Å²) in [5.74, 6) is 0. The van der Waals surface area contributed by atoms with Crippen molar-refractivity contribution in [3.63, 3.8) is 0 Å². The molecule has 1 nitrogen and oxygen atoms in total. The Morgan fingerprint density at radius 3 is 2.44 bits per heavy atom. The van der Waals surface area contributed by atoms with E-state index in [4.69, 9.17) is 7.85 Å². The first-order valence-corrected chi connectivity index (χ1v) is 5.17. The van der Waals surface area contributed by atoms with Gasteiger partial charge in [0.25, 0.3) is 0 Å². The molecule has 0 bridgehead atoms. The Kier molecular flexibility index (Phi) is 3.20. The summed E-state index contributed by atoms with van der Waals surface area (Å²) in [6.45, 7) is 0. The molecule has 0 unspecified atom stereocenters. The lowest BCUT2D eigenvalue weighted by Gasteiger charge is -2.06. The van der Waals surface area contributed by atoms with Gasteiger partial charge in [0.15, 0.2) is 0 Å². The molecule has 0 aliphatic rings. The molecule has 2 rings (SSSR count). The first-order chi connectivity index (χ1) is 7.79. The lowest BCUT2D eigenvalue weighted by molar-refractivity contribution is 0.112. The van der Waals surface area contributed by atoms with Gasteiger partial charge >= 0.3 is 0 Å². The first kappa shape index (κ1) is 10.7. The van der Waals surface area contributed by atoms with Crippen LogP contribution >= 0.6 is 0 Å². The van der Waals surface area contributed by atoms with E-state index < -0.39 is 0 Å². The van der Waals surface area contributed by atoms with Gasteiger partial charge in [0, 0.05) is 5.56 Å². The number of carbonyl (C=O) groups excluding carboxylic acids is 1. The molecule has 0 aliphatic heterocycles. The highest BCUT2D eigenvalue weighted by Crippen LogP contribution is 2.07. The van der Waals surface area contributed by atoms with E-state index in [9.17, 15) is 4.79 Å². The van der Waals surface area contributed by atoms with Gasteiger partial charge in [-0.15, -0.1) is 0 Å². The van der Waals surface area contributed by atoms with Gasteiger partial charge in [-0.2, -0.15) is 0 Å². The second kappa shape index (κ2) is 4.80. The quantitative estimate of drug-likeness (QED) is 0.553. The fourth-order valence-electron chi connectivity index (χ4n) is 1.66. The fraction of sp³-hybridized carbons (Fsp3) is 0.0714. The Balaban J connectivity index is 2.25. The summed E-state index contributed by atoms with van der Waals surface area (Å²) in [6.07, 6.45) is 1.61. The van der Waals surface area contributed by atoms with Gasteiger partial charge in [-0.05, 0) is 12.0 Å². The van der Waals surface area contributed by atoms with Crippen molar-refractivity contribution in [2.45, 2.75) is 6.42 Å². The van der Waals surface area contributed by atoms with Crippen molar-refractivity contribution < 1.29 is 4.79 Å². The van der Waals surface area contributed by atoms with Crippen molar-refractivity contribution in [2.75, 3.05) is 0 Å². The molecule has 0 N–H and O–H groups in total. The van der Waals surface area contributed by atoms with E-state index in [0.29, 0.717) is 11.0 Å². The van der Waals surface area contributed by atoms with Crippen LogP contribution in [0.5, 0.6) is 0 Å². The van der Waals surface area contributed by atoms with Crippen LogP contribution in [-0.4, -0.2) is 14.1 Å². The fourth-order valence-corrected chi connectivity index (χ4v) is 1.66. The van der Waals surface area contributed by atoms with E-state index in [1.54, 1.807) is 12.1 Å². The highest BCUT2D eigenvalue weighted by atomic mass is 16.1. The second-order valence-electron chi connectivity index (χ2n) is 3.74. The highest BCUT2D eigenvalue weighted by Gasteiger charge is 2.00. The monoisotopic (exact) mass is 206 g/mol. The zero-order valence-electron chi connectivity index (χ0n) is 8.89. The molecule has 0 aliphatic carbocycles. The van der Waals surface area contributed by atoms with Crippen LogP contribution in [0.3, 0.4) is 0 Å². The number of carbonyl (C=O) groups is 1. The van der Waals surface area contributed by atoms with Crippen LogP contribution in [0.4, 0.5) is 0 Å². The minimum Gasteiger partial charge on any atom is -0.298 e. The average molecular weight is 206 g/mol. The molecule has 2 aromatic rings. The molecule has 0 heterocycles. The molecule has 2 radical (unpaired) electrons. The van der Waals surface area contributed by atoms with Gasteiger partial charge in [0.1, 0.15) is 14.1 Å². The number of hydrogen-bond acceptors (Lipinski definition) is 1. The van der Waals surface area contributed by atoms with E-state index in [0.717, 1.165) is 18.3 Å². The van der Waals surface area contributed by atoms with Crippen molar-refractivity contribution in [1.29, 1.82) is 0 Å². The Bertz CT molecular complexity index is 491. The van der Waals surface area contributed by atoms with Crippen molar-refractivity contribution >= 4 is 19.6 Å². The van der Waals surface area contributed by atoms with Crippen LogP contribution in [0.15, 0.2) is 48.5 Å². The van der Waals surface area contributed by atoms with E-state index in [1.807, 2.05) is 24.3 Å². The number of hydrogen-bond donors (Lipinski definition) is 0. The van der Waals surface area contributed by atoms with E-state index in [1.165, 1.54) is 5.56 Å². The molecule has 2 aromatic carbocycles. The van der Waals surface area contributed by atoms with Crippen LogP contribution in [0, 0.1) is 0 Å². The minimum atomic E-state index is 0.620. The number of rotatable bonds is 3. The average Bonchev–Trinajstić information content (AvgIpc) is 2.33. The standard InChI is InChI=1S/C14H11BO/c15-14-9-12(10-16)6-7-13(14)8-11-4-2-1-3-5-11/h1-7,9-10H,8H2. The molecule has 16 heavy (non-hydrogen) atoms. The third-order valence-electron chi connectivity index (χ3n) is 2.54. The van der Waals surface area contributed by atoms with Crippen molar-refractivity contribution in [1.82, 2.24) is 0 Å². The molecule has 0 amide bonds. The summed E-state index contributed by atoms with van der Waals surface area (Å²) in [4.78, 5) is 10.6. The third-order valence-corrected chi connectivity index (χ3v) is 2.54. The summed E-state index contributed by atoms with van der Waals surface area (Å²) >= 11 is 0. The molecular formula is C14H11BO. The molecule has 0 fully saturated rings. The zero-order valence-corrected chi connectivity index (χ0v) is 8.89. The second-order valence-corrected chi connectivity index (χ2v) is 3.74. The van der Waals surface area contributed by atoms with Gasteiger partial charge in [-0.3, -0.25) is 4.79 Å². The maximum Gasteiger partial charge on any atom is 0.150 e. The normalized spacial score (nSPS) is 10.0. The summed E-state index contributed by atoms with van der Waals surface area (Å²) in [6, 6.07) is 15.5. The van der Waals surface area contributed by atoms with Gasteiger partial charge in [0.05, 0.1) is 0 Å². The predicted molar refractivity (Wildman–Crippen MR) is 66.5 cm³/mol. The van der Waals surface area contributed by atoms with Gasteiger partial charge in [0.2, 0.25) is 0 Å². The van der Waals surface area contributed by atoms with Crippen molar-refractivity contribution in [2.24, 2.45) is 0 Å². The van der Waals surface area contributed by atoms with Crippen LogP contribution in [0.2, 0.25) is 0 Å². The molecule has 0 aromatic heterocycles. The SMILES string of the molecule is [B]c1cc(C=O)ccc1Cc1ccccc1. The van der Waals surface area contributed by atoms with Crippen LogP contribution in [0.1, 0.15) is 21.5 Å². The Labute approximate surface area is 96.5 Å². The van der Waals surface area contributed by atoms with Gasteiger partial charge < -0.3 is 0 Å². The summed E-state index contributed by atoms with van der Waals surface area (Å²) in [5, 5.41) is 0. The largest absolute Gasteiger partial charge is 0.298 e. The maximum atomic E-state index is 10.6. The molecule has 2 heteroatoms. The van der Waals surface area contributed by atoms with Gasteiger partial charge in [-0.1, -0.05) is 59.6 Å². The maximum absolute atomic E-state index is 10.6. The first-order valence-electron chi connectivity index (χ1n) is 5.17. The van der Waals surface area contributed by atoms with Crippen LogP contribution in [0.25, 0.3) is 0 Å². The Hall–Kier alpha value is -1.83. The van der Waals surface area contributed by atoms with Crippen LogP contribution < -0.4 is 5.46 Å². The van der Waals surface area contributed by atoms with Gasteiger partial charge in [-0.25, -0.2) is 0 Å². The summed E-state index contributed by atoms with van der Waals surface area (Å²) in [7, 11) is 5.89. The molecular weight excluding hydrogens is 195 g/mol. The Morgan fingerprint density at radius 1 is 1.06 bits per heavy atom. The predicted octanol–water partition coefficient (Wildman–Crippen LogP) is 1.88. The van der Waals surface area contributed by atoms with Crippen molar-refractivity contribution in [3.8, 4) is 0 Å². The summed E-state index contributed by atoms with van der Waals surface area (Å²) in [5.41, 5.74) is 3.56. The highest BCUT2D eigenvalue weighted by molar-refractivity contribution is 6.33. The smallest absolute Gasteiger partial charge is 0.150 e. The number of benzene rings is 2. The topological polar surface area (TPSA) is 17.1 Å². The molecule has 0 saturated carbocycles. The lowest BCUT2D eigenvalue weighted by Crippen LogP contribution is -2.11. The molecule has 0 saturated heterocycles. The van der Waals surface area contributed by atoms with Crippen molar-refractivity contribution in [3.05, 3.63) is 65.2 Å². The zero-order chi connectivity index (χ0) is 11.4. The lowest BCUT2D eigenvalue weighted by atomic mass is 9.86. The minimum absolute atomic E-state index is 0.620.